The molecule has 0 atom stereocenters. The van der Waals surface area contributed by atoms with E-state index in [1.54, 1.807) is 0 Å². The molecule has 3 rings (SSSR count). The summed E-state index contributed by atoms with van der Waals surface area (Å²) in [4.78, 5) is 0. The molecule has 0 aliphatic heterocycles. The van der Waals surface area contributed by atoms with Gasteiger partial charge in [-0.1, -0.05) is 59.7 Å². The molecule has 110 valence electrons. The van der Waals surface area contributed by atoms with Gasteiger partial charge in [0.2, 0.25) is 0 Å². The van der Waals surface area contributed by atoms with Gasteiger partial charge in [0.05, 0.1) is 0 Å². The topological polar surface area (TPSA) is 40.5 Å². The largest absolute Gasteiger partial charge is 0.507 e. The van der Waals surface area contributed by atoms with Crippen molar-refractivity contribution in [1.29, 1.82) is 0 Å². The molecule has 0 radical (unpaired) electrons. The van der Waals surface area contributed by atoms with E-state index in [0.717, 1.165) is 22.3 Å². The van der Waals surface area contributed by atoms with E-state index in [2.05, 4.69) is 0 Å². The molecule has 0 bridgehead atoms. The van der Waals surface area contributed by atoms with Crippen molar-refractivity contribution in [2.45, 2.75) is 13.8 Å². The first-order chi connectivity index (χ1) is 10.6. The summed E-state index contributed by atoms with van der Waals surface area (Å²) in [6.45, 7) is 4.04. The van der Waals surface area contributed by atoms with Crippen molar-refractivity contribution < 1.29 is 10.2 Å². The third kappa shape index (κ3) is 2.56. The number of phenols is 2. The Kier molecular flexibility index (Phi) is 3.60. The fourth-order valence-corrected chi connectivity index (χ4v) is 2.61. The van der Waals surface area contributed by atoms with E-state index in [1.807, 2.05) is 62.4 Å². The lowest BCUT2D eigenvalue weighted by Gasteiger charge is -2.14. The maximum absolute atomic E-state index is 10.3. The minimum atomic E-state index is 0.164. The molecule has 2 nitrogen and oxygen atoms in total. The molecule has 0 aliphatic rings. The number of aromatic hydroxyl groups is 2. The van der Waals surface area contributed by atoms with Crippen molar-refractivity contribution in [1.82, 2.24) is 0 Å². The molecule has 0 saturated heterocycles. The Morgan fingerprint density at radius 1 is 0.500 bits per heavy atom. The van der Waals surface area contributed by atoms with Crippen LogP contribution in [0, 0.1) is 13.8 Å². The van der Waals surface area contributed by atoms with E-state index in [-0.39, 0.29) is 11.5 Å². The molecule has 0 aliphatic carbocycles. The molecule has 0 aromatic heterocycles. The van der Waals surface area contributed by atoms with Gasteiger partial charge in [0, 0.05) is 11.1 Å². The molecule has 3 aromatic rings. The molecule has 2 heteroatoms. The first-order valence-corrected chi connectivity index (χ1v) is 7.25. The van der Waals surface area contributed by atoms with Crippen LogP contribution in [-0.4, -0.2) is 10.2 Å². The molecule has 22 heavy (non-hydrogen) atoms. The fourth-order valence-electron chi connectivity index (χ4n) is 2.61. The summed E-state index contributed by atoms with van der Waals surface area (Å²) in [7, 11) is 0. The van der Waals surface area contributed by atoms with E-state index >= 15 is 0 Å². The van der Waals surface area contributed by atoms with E-state index < -0.39 is 0 Å². The van der Waals surface area contributed by atoms with Crippen molar-refractivity contribution >= 4 is 0 Å². The number of hydrogen-bond donors (Lipinski definition) is 2. The van der Waals surface area contributed by atoms with Crippen LogP contribution in [0.2, 0.25) is 0 Å². The number of phenolic OH excluding ortho intramolecular Hbond substituents is 2. The Morgan fingerprint density at radius 2 is 0.818 bits per heavy atom. The average molecular weight is 290 g/mol. The van der Waals surface area contributed by atoms with Crippen LogP contribution in [0.4, 0.5) is 0 Å². The molecule has 0 spiro atoms. The van der Waals surface area contributed by atoms with Crippen LogP contribution in [0.5, 0.6) is 11.5 Å². The van der Waals surface area contributed by atoms with Crippen LogP contribution in [-0.2, 0) is 0 Å². The Morgan fingerprint density at radius 3 is 1.14 bits per heavy atom. The maximum atomic E-state index is 10.3. The van der Waals surface area contributed by atoms with Gasteiger partial charge in [-0.05, 0) is 37.1 Å². The zero-order chi connectivity index (χ0) is 15.7. The molecule has 0 fully saturated rings. The summed E-state index contributed by atoms with van der Waals surface area (Å²) in [5, 5.41) is 20.7. The van der Waals surface area contributed by atoms with Crippen LogP contribution >= 0.6 is 0 Å². The first kappa shape index (κ1) is 14.2. The van der Waals surface area contributed by atoms with E-state index in [4.69, 9.17) is 0 Å². The van der Waals surface area contributed by atoms with Gasteiger partial charge in [-0.3, -0.25) is 0 Å². The second kappa shape index (κ2) is 5.57. The summed E-state index contributed by atoms with van der Waals surface area (Å²) in [5.41, 5.74) is 5.39. The molecule has 0 heterocycles. The Labute approximate surface area is 130 Å². The SMILES string of the molecule is Cc1ccc(-c2c(O)ccc(O)c2-c2ccc(C)cc2)cc1. The second-order valence-electron chi connectivity index (χ2n) is 5.59. The smallest absolute Gasteiger partial charge is 0.124 e. The van der Waals surface area contributed by atoms with Gasteiger partial charge in [0.15, 0.2) is 0 Å². The number of benzene rings is 3. The maximum Gasteiger partial charge on any atom is 0.124 e. The zero-order valence-corrected chi connectivity index (χ0v) is 12.7. The molecule has 3 aromatic carbocycles. The van der Waals surface area contributed by atoms with Crippen LogP contribution in [0.3, 0.4) is 0 Å². The van der Waals surface area contributed by atoms with Gasteiger partial charge in [-0.15, -0.1) is 0 Å². The summed E-state index contributed by atoms with van der Waals surface area (Å²) in [6, 6.07) is 18.9. The van der Waals surface area contributed by atoms with Crippen LogP contribution in [0.15, 0.2) is 60.7 Å². The van der Waals surface area contributed by atoms with Gasteiger partial charge >= 0.3 is 0 Å². The summed E-state index contributed by atoms with van der Waals surface area (Å²) < 4.78 is 0. The highest BCUT2D eigenvalue weighted by molar-refractivity contribution is 5.91. The summed E-state index contributed by atoms with van der Waals surface area (Å²) in [5.74, 6) is 0.328. The van der Waals surface area contributed by atoms with Crippen molar-refractivity contribution in [2.75, 3.05) is 0 Å². The lowest BCUT2D eigenvalue weighted by molar-refractivity contribution is 0.463. The van der Waals surface area contributed by atoms with Gasteiger partial charge in [0.1, 0.15) is 11.5 Å². The lowest BCUT2D eigenvalue weighted by Crippen LogP contribution is -1.88. The van der Waals surface area contributed by atoms with E-state index in [0.29, 0.717) is 11.1 Å². The fraction of sp³-hybridized carbons (Fsp3) is 0.100. The highest BCUT2D eigenvalue weighted by atomic mass is 16.3. The van der Waals surface area contributed by atoms with Crippen molar-refractivity contribution in [3.05, 3.63) is 71.8 Å². The molecular weight excluding hydrogens is 272 g/mol. The molecule has 2 N–H and O–H groups in total. The minimum absolute atomic E-state index is 0.164. The predicted molar refractivity (Wildman–Crippen MR) is 90.1 cm³/mol. The summed E-state index contributed by atoms with van der Waals surface area (Å²) in [6.07, 6.45) is 0. The lowest BCUT2D eigenvalue weighted by atomic mass is 9.92. The number of aryl methyl sites for hydroxylation is 2. The highest BCUT2D eigenvalue weighted by Crippen LogP contribution is 2.43. The van der Waals surface area contributed by atoms with Gasteiger partial charge in [-0.2, -0.15) is 0 Å². The van der Waals surface area contributed by atoms with Crippen LogP contribution in [0.1, 0.15) is 11.1 Å². The molecule has 0 unspecified atom stereocenters. The third-order valence-corrected chi connectivity index (χ3v) is 3.84. The molecule has 0 amide bonds. The van der Waals surface area contributed by atoms with Crippen molar-refractivity contribution in [3.63, 3.8) is 0 Å². The van der Waals surface area contributed by atoms with E-state index in [9.17, 15) is 10.2 Å². The van der Waals surface area contributed by atoms with Gasteiger partial charge in [-0.25, -0.2) is 0 Å². The monoisotopic (exact) mass is 290 g/mol. The number of hydrogen-bond acceptors (Lipinski definition) is 2. The van der Waals surface area contributed by atoms with Crippen LogP contribution < -0.4 is 0 Å². The Bertz CT molecular complexity index is 730. The normalized spacial score (nSPS) is 10.6. The third-order valence-electron chi connectivity index (χ3n) is 3.84. The summed E-state index contributed by atoms with van der Waals surface area (Å²) >= 11 is 0. The zero-order valence-electron chi connectivity index (χ0n) is 12.7. The van der Waals surface area contributed by atoms with Crippen molar-refractivity contribution in [2.24, 2.45) is 0 Å². The standard InChI is InChI=1S/C20H18O2/c1-13-3-7-15(8-4-13)19-17(21)11-12-18(22)20(19)16-9-5-14(2)6-10-16/h3-12,21-22H,1-2H3. The Balaban J connectivity index is 2.27. The average Bonchev–Trinajstić information content (AvgIpc) is 2.51. The van der Waals surface area contributed by atoms with Crippen molar-refractivity contribution in [3.8, 4) is 33.8 Å². The highest BCUT2D eigenvalue weighted by Gasteiger charge is 2.16. The Hall–Kier alpha value is -2.74. The second-order valence-corrected chi connectivity index (χ2v) is 5.59. The molecular formula is C20H18O2. The van der Waals surface area contributed by atoms with Crippen LogP contribution in [0.25, 0.3) is 22.3 Å². The first-order valence-electron chi connectivity index (χ1n) is 7.25. The van der Waals surface area contributed by atoms with E-state index in [1.165, 1.54) is 12.1 Å². The number of rotatable bonds is 2. The molecule has 0 saturated carbocycles. The predicted octanol–water partition coefficient (Wildman–Crippen LogP) is 5.05. The minimum Gasteiger partial charge on any atom is -0.507 e. The quantitative estimate of drug-likeness (QED) is 0.648. The van der Waals surface area contributed by atoms with Gasteiger partial charge < -0.3 is 10.2 Å². The van der Waals surface area contributed by atoms with Gasteiger partial charge in [0.25, 0.3) is 0 Å².